The van der Waals surface area contributed by atoms with Crippen LogP contribution in [0.2, 0.25) is 0 Å². The molecule has 4 aliphatic rings. The zero-order chi connectivity index (χ0) is 11.2. The van der Waals surface area contributed by atoms with Gasteiger partial charge in [-0.05, 0) is 67.6 Å². The van der Waals surface area contributed by atoms with Crippen LogP contribution in [0.25, 0.3) is 0 Å². The highest BCUT2D eigenvalue weighted by Gasteiger charge is 2.47. The molecular formula is C17H28. The maximum absolute atomic E-state index is 1.64. The third-order valence-corrected chi connectivity index (χ3v) is 6.96. The molecule has 6 atom stereocenters. The first-order valence-electron chi connectivity index (χ1n) is 8.42. The van der Waals surface area contributed by atoms with Gasteiger partial charge in [0.15, 0.2) is 0 Å². The second-order valence-corrected chi connectivity index (χ2v) is 7.64. The Morgan fingerprint density at radius 3 is 1.35 bits per heavy atom. The van der Waals surface area contributed by atoms with Gasteiger partial charge in [0, 0.05) is 0 Å². The fourth-order valence-electron chi connectivity index (χ4n) is 6.36. The molecule has 0 amide bonds. The Morgan fingerprint density at radius 2 is 0.824 bits per heavy atom. The van der Waals surface area contributed by atoms with Crippen LogP contribution in [-0.4, -0.2) is 0 Å². The molecule has 0 nitrogen and oxygen atoms in total. The summed E-state index contributed by atoms with van der Waals surface area (Å²) in [5, 5.41) is 0. The Labute approximate surface area is 107 Å². The fourth-order valence-corrected chi connectivity index (χ4v) is 6.36. The molecule has 0 aromatic rings. The predicted octanol–water partition coefficient (Wildman–Crippen LogP) is 5.03. The van der Waals surface area contributed by atoms with Crippen LogP contribution in [0.4, 0.5) is 0 Å². The molecule has 4 saturated carbocycles. The van der Waals surface area contributed by atoms with Crippen molar-refractivity contribution >= 4 is 0 Å². The van der Waals surface area contributed by atoms with Crippen molar-refractivity contribution in [3.8, 4) is 0 Å². The second kappa shape index (κ2) is 4.28. The number of fused-ring (bicyclic) bond motifs is 6. The van der Waals surface area contributed by atoms with Crippen LogP contribution >= 0.6 is 0 Å². The summed E-state index contributed by atoms with van der Waals surface area (Å²) in [5.74, 6) is 6.99. The van der Waals surface area contributed by atoms with E-state index in [0.29, 0.717) is 0 Å². The summed E-state index contributed by atoms with van der Waals surface area (Å²) in [6.45, 7) is 0. The third kappa shape index (κ3) is 1.78. The van der Waals surface area contributed by atoms with Crippen LogP contribution in [0, 0.1) is 35.5 Å². The molecule has 0 N–H and O–H groups in total. The highest BCUT2D eigenvalue weighted by atomic mass is 14.5. The standard InChI is InChI=1S/C17H28/c1-3-7-16-12(5-1)9-14-11-15(16)10-13-6-2-4-8-17(13)14/h12-17H,1-11H2. The smallest absolute Gasteiger partial charge is 0.0357 e. The molecule has 2 bridgehead atoms. The van der Waals surface area contributed by atoms with Crippen molar-refractivity contribution in [3.05, 3.63) is 0 Å². The van der Waals surface area contributed by atoms with Crippen LogP contribution in [0.15, 0.2) is 0 Å². The Bertz CT molecular complexity index is 254. The minimum Gasteiger partial charge on any atom is -0.0530 e. The van der Waals surface area contributed by atoms with Crippen molar-refractivity contribution in [3.63, 3.8) is 0 Å². The van der Waals surface area contributed by atoms with Crippen molar-refractivity contribution in [1.29, 1.82) is 0 Å². The van der Waals surface area contributed by atoms with E-state index in [-0.39, 0.29) is 0 Å². The lowest BCUT2D eigenvalue weighted by atomic mass is 9.51. The molecule has 4 rings (SSSR count). The molecule has 96 valence electrons. The predicted molar refractivity (Wildman–Crippen MR) is 71.7 cm³/mol. The van der Waals surface area contributed by atoms with E-state index in [1.54, 1.807) is 70.6 Å². The van der Waals surface area contributed by atoms with E-state index in [4.69, 9.17) is 0 Å². The van der Waals surface area contributed by atoms with Gasteiger partial charge in [0.25, 0.3) is 0 Å². The lowest BCUT2D eigenvalue weighted by Crippen LogP contribution is -2.45. The molecule has 4 aliphatic carbocycles. The molecule has 0 radical (unpaired) electrons. The average Bonchev–Trinajstić information content (AvgIpc) is 2.39. The summed E-state index contributed by atoms with van der Waals surface area (Å²) in [4.78, 5) is 0. The maximum Gasteiger partial charge on any atom is -0.0357 e. The molecule has 0 spiro atoms. The lowest BCUT2D eigenvalue weighted by molar-refractivity contribution is -0.0417. The lowest BCUT2D eigenvalue weighted by Gasteiger charge is -2.54. The Balaban J connectivity index is 1.56. The zero-order valence-electron chi connectivity index (χ0n) is 11.2. The van der Waals surface area contributed by atoms with E-state index in [2.05, 4.69) is 0 Å². The van der Waals surface area contributed by atoms with Gasteiger partial charge in [-0.25, -0.2) is 0 Å². The molecular weight excluding hydrogens is 204 g/mol. The summed E-state index contributed by atoms with van der Waals surface area (Å²) in [6.07, 6.45) is 17.5. The van der Waals surface area contributed by atoms with E-state index >= 15 is 0 Å². The second-order valence-electron chi connectivity index (χ2n) is 7.64. The zero-order valence-corrected chi connectivity index (χ0v) is 11.2. The quantitative estimate of drug-likeness (QED) is 0.549. The molecule has 0 heterocycles. The van der Waals surface area contributed by atoms with Crippen molar-refractivity contribution in [1.82, 2.24) is 0 Å². The molecule has 4 fully saturated rings. The van der Waals surface area contributed by atoms with Crippen LogP contribution in [-0.2, 0) is 0 Å². The first-order valence-corrected chi connectivity index (χ1v) is 8.42. The fraction of sp³-hybridized carbons (Fsp3) is 1.00. The summed E-state index contributed by atoms with van der Waals surface area (Å²) >= 11 is 0. The molecule has 0 aromatic heterocycles. The van der Waals surface area contributed by atoms with E-state index in [9.17, 15) is 0 Å². The number of hydrogen-bond acceptors (Lipinski definition) is 0. The third-order valence-electron chi connectivity index (χ3n) is 6.96. The van der Waals surface area contributed by atoms with Crippen LogP contribution < -0.4 is 0 Å². The monoisotopic (exact) mass is 232 g/mol. The van der Waals surface area contributed by atoms with Gasteiger partial charge in [0.2, 0.25) is 0 Å². The Hall–Kier alpha value is 0. The summed E-state index contributed by atoms with van der Waals surface area (Å²) in [6, 6.07) is 0. The summed E-state index contributed by atoms with van der Waals surface area (Å²) in [5.41, 5.74) is 0. The van der Waals surface area contributed by atoms with Gasteiger partial charge < -0.3 is 0 Å². The summed E-state index contributed by atoms with van der Waals surface area (Å²) < 4.78 is 0. The van der Waals surface area contributed by atoms with Crippen molar-refractivity contribution in [2.45, 2.75) is 70.6 Å². The Kier molecular flexibility index (Phi) is 2.74. The minimum atomic E-state index is 1.16. The minimum absolute atomic E-state index is 1.16. The summed E-state index contributed by atoms with van der Waals surface area (Å²) in [7, 11) is 0. The number of rotatable bonds is 0. The largest absolute Gasteiger partial charge is 0.0530 e. The first kappa shape index (κ1) is 10.9. The van der Waals surface area contributed by atoms with Gasteiger partial charge in [-0.3, -0.25) is 0 Å². The highest BCUT2D eigenvalue weighted by Crippen LogP contribution is 2.57. The molecule has 0 aliphatic heterocycles. The van der Waals surface area contributed by atoms with Gasteiger partial charge in [0.05, 0.1) is 0 Å². The first-order chi connectivity index (χ1) is 8.42. The van der Waals surface area contributed by atoms with E-state index < -0.39 is 0 Å². The van der Waals surface area contributed by atoms with Crippen molar-refractivity contribution < 1.29 is 0 Å². The van der Waals surface area contributed by atoms with Crippen molar-refractivity contribution in [2.24, 2.45) is 35.5 Å². The van der Waals surface area contributed by atoms with Crippen molar-refractivity contribution in [2.75, 3.05) is 0 Å². The normalized spacial score (nSPS) is 53.6. The molecule has 0 aromatic carbocycles. The topological polar surface area (TPSA) is 0 Å². The SMILES string of the molecule is C1CCC2C(C1)CC1CC2CC2CCCCC21. The highest BCUT2D eigenvalue weighted by molar-refractivity contribution is 4.97. The Morgan fingerprint density at radius 1 is 0.412 bits per heavy atom. The van der Waals surface area contributed by atoms with Gasteiger partial charge >= 0.3 is 0 Å². The van der Waals surface area contributed by atoms with Gasteiger partial charge in [-0.15, -0.1) is 0 Å². The van der Waals surface area contributed by atoms with E-state index in [1.165, 1.54) is 23.7 Å². The maximum atomic E-state index is 1.64. The molecule has 6 unspecified atom stereocenters. The van der Waals surface area contributed by atoms with Gasteiger partial charge in [-0.2, -0.15) is 0 Å². The molecule has 0 heteroatoms. The van der Waals surface area contributed by atoms with Crippen LogP contribution in [0.3, 0.4) is 0 Å². The van der Waals surface area contributed by atoms with Gasteiger partial charge in [-0.1, -0.05) is 38.5 Å². The van der Waals surface area contributed by atoms with Crippen LogP contribution in [0.5, 0.6) is 0 Å². The van der Waals surface area contributed by atoms with Crippen LogP contribution in [0.1, 0.15) is 70.6 Å². The average molecular weight is 232 g/mol. The van der Waals surface area contributed by atoms with E-state index in [1.807, 2.05) is 0 Å². The van der Waals surface area contributed by atoms with E-state index in [0.717, 1.165) is 11.8 Å². The molecule has 0 saturated heterocycles. The van der Waals surface area contributed by atoms with Gasteiger partial charge in [0.1, 0.15) is 0 Å². The molecule has 17 heavy (non-hydrogen) atoms. The number of hydrogen-bond donors (Lipinski definition) is 0.